The van der Waals surface area contributed by atoms with Gasteiger partial charge in [0, 0.05) is 0 Å². The summed E-state index contributed by atoms with van der Waals surface area (Å²) in [5.74, 6) is 0. The summed E-state index contributed by atoms with van der Waals surface area (Å²) in [4.78, 5) is 0. The molecular weight excluding hydrogens is 990 g/mol. The average molecular weight is 1050 g/mol. The van der Waals surface area contributed by atoms with Crippen molar-refractivity contribution in [3.05, 3.63) is 0 Å². The van der Waals surface area contributed by atoms with Gasteiger partial charge in [0.05, 0.1) is 0 Å². The van der Waals surface area contributed by atoms with E-state index in [0.29, 0.717) is 0 Å². The van der Waals surface area contributed by atoms with Gasteiger partial charge >= 0.3 is 80.3 Å². The first kappa shape index (κ1) is 50.1. The van der Waals surface area contributed by atoms with Crippen molar-refractivity contribution in [2.24, 2.45) is 0 Å². The van der Waals surface area contributed by atoms with Crippen LogP contribution >= 0.6 is 0 Å². The van der Waals surface area contributed by atoms with Crippen molar-refractivity contribution in [3.8, 4) is 0 Å². The zero-order valence-electron chi connectivity index (χ0n) is 32.8. The van der Waals surface area contributed by atoms with E-state index < -0.39 is 144 Å². The van der Waals surface area contributed by atoms with Gasteiger partial charge in [-0.1, -0.05) is 7.43 Å². The first-order chi connectivity index (χ1) is 23.9. The molecule has 4 rings (SSSR count). The Kier molecular flexibility index (Phi) is 18.1. The van der Waals surface area contributed by atoms with Crippen LogP contribution in [0.15, 0.2) is 0 Å². The smallest absolute Gasteiger partial charge is 0.422 e. The Labute approximate surface area is 340 Å². The summed E-state index contributed by atoms with van der Waals surface area (Å²) in [6.45, 7) is 28.2. The Bertz CT molecular complexity index is 1190. The van der Waals surface area contributed by atoms with Crippen LogP contribution in [0.5, 0.6) is 0 Å². The average Bonchev–Trinajstić information content (AvgIpc) is 2.86. The standard InChI is InChI=1S/C15H56O20Si17.CH4/c1-37(2)18-45-25-47(20-39(5)6)29-49(22-41(9)10)27-46(17-36,19-38(3)4)28-50(23-42(11)12)30-48(26-45,21-40(7)8)32-51(31-47,24-43(13)14)35-52(33-49,34-50)44(15)16;/h37-43,45H,1-15,36H3;1H4. The maximum absolute atomic E-state index is 14.5. The van der Waals surface area contributed by atoms with E-state index in [2.05, 4.69) is 0 Å². The quantitative estimate of drug-likeness (QED) is 0.163. The second kappa shape index (κ2) is 19.2. The zero-order valence-corrected chi connectivity index (χ0v) is 52.0. The van der Waals surface area contributed by atoms with Gasteiger partial charge in [0.25, 0.3) is 0 Å². The van der Waals surface area contributed by atoms with Gasteiger partial charge in [0.2, 0.25) is 0 Å². The van der Waals surface area contributed by atoms with Crippen LogP contribution in [-0.4, -0.2) is 154 Å². The van der Waals surface area contributed by atoms with E-state index in [4.69, 9.17) is 78.2 Å². The van der Waals surface area contributed by atoms with Crippen LogP contribution in [0.25, 0.3) is 0 Å². The third-order valence-electron chi connectivity index (χ3n) is 6.10. The lowest BCUT2D eigenvalue weighted by Gasteiger charge is -2.56. The van der Waals surface area contributed by atoms with Gasteiger partial charge in [-0.3, -0.25) is 0 Å². The fourth-order valence-corrected chi connectivity index (χ4v) is 69.6. The van der Waals surface area contributed by atoms with Crippen molar-refractivity contribution in [1.82, 2.24) is 0 Å². The van der Waals surface area contributed by atoms with Crippen LogP contribution < -0.4 is 0 Å². The molecule has 4 atom stereocenters. The van der Waals surface area contributed by atoms with Crippen molar-refractivity contribution in [1.29, 1.82) is 0 Å². The van der Waals surface area contributed by atoms with Crippen molar-refractivity contribution in [2.45, 2.75) is 106 Å². The molecule has 0 spiro atoms. The molecule has 53 heavy (non-hydrogen) atoms. The highest BCUT2D eigenvalue weighted by atomic mass is 29.3. The topological polar surface area (TPSA) is 192 Å². The van der Waals surface area contributed by atoms with Crippen LogP contribution in [0.4, 0.5) is 0 Å². The van der Waals surface area contributed by atoms with Gasteiger partial charge in [-0.15, -0.1) is 0 Å². The lowest BCUT2D eigenvalue weighted by atomic mass is 11.9. The number of fused-ring (bicyclic) bond motifs is 4. The summed E-state index contributed by atoms with van der Waals surface area (Å²) in [5, 5.41) is 0. The fourth-order valence-electron chi connectivity index (χ4n) is 4.85. The van der Waals surface area contributed by atoms with Crippen LogP contribution in [0.1, 0.15) is 7.43 Å². The van der Waals surface area contributed by atoms with E-state index in [1.807, 2.05) is 91.7 Å². The highest BCUT2D eigenvalue weighted by Gasteiger charge is 2.86. The Morgan fingerprint density at radius 1 is 0.472 bits per heavy atom. The van der Waals surface area contributed by atoms with Crippen molar-refractivity contribution >= 4 is 154 Å². The van der Waals surface area contributed by atoms with Gasteiger partial charge < -0.3 is 82.6 Å². The number of rotatable bonds is 16. The molecule has 0 radical (unpaired) electrons. The molecule has 4 heterocycles. The fraction of sp³-hybridized carbons (Fsp3) is 1.00. The minimum absolute atomic E-state index is 0. The largest absolute Gasteiger partial charge is 0.649 e. The van der Waals surface area contributed by atoms with E-state index in [9.17, 15) is 4.46 Å². The third-order valence-corrected chi connectivity index (χ3v) is 57.7. The van der Waals surface area contributed by atoms with Gasteiger partial charge in [-0.05, 0) is 98.2 Å². The van der Waals surface area contributed by atoms with E-state index in [0.717, 1.165) is 0 Å². The predicted molar refractivity (Wildman–Crippen MR) is 229 cm³/mol. The molecule has 0 aromatic heterocycles. The molecule has 0 amide bonds. The molecule has 0 aromatic rings. The molecule has 0 saturated carbocycles. The Morgan fingerprint density at radius 2 is 0.774 bits per heavy atom. The predicted octanol–water partition coefficient (Wildman–Crippen LogP) is -1.44. The van der Waals surface area contributed by atoms with Gasteiger partial charge in [-0.25, -0.2) is 0 Å². The molecule has 6 bridgehead atoms. The van der Waals surface area contributed by atoms with E-state index >= 15 is 0 Å². The summed E-state index contributed by atoms with van der Waals surface area (Å²) < 4.78 is 144. The second-order valence-electron chi connectivity index (χ2n) is 13.9. The minimum Gasteiger partial charge on any atom is -0.422 e. The molecule has 4 aliphatic heterocycles. The lowest BCUT2D eigenvalue weighted by Crippen LogP contribution is -2.88. The first-order valence-corrected chi connectivity index (χ1v) is 53.4. The third kappa shape index (κ3) is 12.6. The van der Waals surface area contributed by atoms with Gasteiger partial charge in [0.1, 0.15) is 10.5 Å². The summed E-state index contributed by atoms with van der Waals surface area (Å²) >= 11 is 0. The van der Waals surface area contributed by atoms with Crippen LogP contribution in [0.2, 0.25) is 98.2 Å². The van der Waals surface area contributed by atoms with Crippen molar-refractivity contribution in [3.63, 3.8) is 0 Å². The van der Waals surface area contributed by atoms with E-state index in [-0.39, 0.29) is 17.9 Å². The summed E-state index contributed by atoms with van der Waals surface area (Å²) in [6, 6.07) is 0. The van der Waals surface area contributed by atoms with Crippen LogP contribution in [-0.2, 0) is 82.6 Å². The Hall–Kier alpha value is 2.73. The maximum Gasteiger partial charge on any atom is 0.649 e. The van der Waals surface area contributed by atoms with Crippen molar-refractivity contribution < 1.29 is 82.6 Å². The molecular formula is C16H60O20Si17. The Balaban J connectivity index is 0.00000756. The molecule has 4 saturated heterocycles. The van der Waals surface area contributed by atoms with Crippen LogP contribution in [0, 0.1) is 0 Å². The molecule has 4 fully saturated rings. The van der Waals surface area contributed by atoms with E-state index in [1.165, 1.54) is 6.55 Å². The molecule has 20 nitrogen and oxygen atoms in total. The van der Waals surface area contributed by atoms with E-state index in [1.54, 1.807) is 0 Å². The maximum atomic E-state index is 14.5. The molecule has 4 aliphatic rings. The molecule has 4 unspecified atom stereocenters. The zero-order chi connectivity index (χ0) is 39.1. The summed E-state index contributed by atoms with van der Waals surface area (Å²) in [7, 11) is -54.8. The van der Waals surface area contributed by atoms with Crippen LogP contribution in [0.3, 0.4) is 0 Å². The summed E-state index contributed by atoms with van der Waals surface area (Å²) in [6.07, 6.45) is 0. The summed E-state index contributed by atoms with van der Waals surface area (Å²) in [5.41, 5.74) is 0. The van der Waals surface area contributed by atoms with Gasteiger partial charge in [0.15, 0.2) is 63.3 Å². The highest BCUT2D eigenvalue weighted by molar-refractivity contribution is 7.23. The second-order valence-corrected chi connectivity index (χ2v) is 59.0. The normalized spacial score (nSPS) is 39.1. The number of hydrogen-bond donors (Lipinski definition) is 0. The lowest BCUT2D eigenvalue weighted by molar-refractivity contribution is -0.0792. The number of hydrogen-bond acceptors (Lipinski definition) is 20. The monoisotopic (exact) mass is 1050 g/mol. The molecule has 312 valence electrons. The first-order valence-electron chi connectivity index (χ1n) is 17.3. The molecule has 0 aromatic carbocycles. The molecule has 0 N–H and O–H groups in total. The molecule has 0 aliphatic carbocycles. The highest BCUT2D eigenvalue weighted by Crippen LogP contribution is 2.46. The van der Waals surface area contributed by atoms with Crippen molar-refractivity contribution in [2.75, 3.05) is 0 Å². The minimum atomic E-state index is -4.86. The van der Waals surface area contributed by atoms with Gasteiger partial charge in [-0.2, -0.15) is 0 Å². The molecule has 37 heteroatoms. The SMILES string of the molecule is C.C[Si](=O)[Si]12O[Si]3(O[SiH](C)C)O[Si](O[SiH3])(O[SiH](C)C)O[Si](O[SiH](C)C)(O[Si]4(O[SiH](C)C)O[SiH](O[SiH](C)C)O[Si](O[SiH](C)C)(O3)O[Si](O[SiH](C)C)(O4)O1)O2. The Morgan fingerprint density at radius 3 is 1.04 bits per heavy atom.